The van der Waals surface area contributed by atoms with E-state index in [9.17, 15) is 10.2 Å². The van der Waals surface area contributed by atoms with Crippen LogP contribution in [0.15, 0.2) is 0 Å². The van der Waals surface area contributed by atoms with Crippen LogP contribution >= 0.6 is 0 Å². The van der Waals surface area contributed by atoms with Gasteiger partial charge in [-0.05, 0) is 40.3 Å². The van der Waals surface area contributed by atoms with E-state index in [1.807, 2.05) is 25.9 Å². The van der Waals surface area contributed by atoms with E-state index in [0.29, 0.717) is 13.1 Å². The molecule has 3 N–H and O–H groups in total. The number of likely N-dealkylation sites (N-methyl/N-ethyl adjacent to an activating group) is 1. The highest BCUT2D eigenvalue weighted by atomic mass is 16.3. The molecule has 0 bridgehead atoms. The van der Waals surface area contributed by atoms with Gasteiger partial charge in [-0.25, -0.2) is 0 Å². The Labute approximate surface area is 92.3 Å². The van der Waals surface area contributed by atoms with E-state index >= 15 is 0 Å². The number of nitrogens with zero attached hydrogens (tertiary/aromatic N) is 1. The SMILES string of the molecule is CN(C)CC(C)(O)CN[C@H]1CCC[C@@H]1O. The Morgan fingerprint density at radius 3 is 2.53 bits per heavy atom. The lowest BCUT2D eigenvalue weighted by Crippen LogP contribution is -2.49. The molecule has 4 nitrogen and oxygen atoms in total. The Morgan fingerprint density at radius 2 is 2.07 bits per heavy atom. The fourth-order valence-electron chi connectivity index (χ4n) is 2.27. The first-order valence-corrected chi connectivity index (χ1v) is 5.69. The standard InChI is InChI=1S/C11H24N2O2/c1-11(15,8-13(2)3)7-12-9-5-4-6-10(9)14/h9-10,12,14-15H,4-8H2,1-3H3/t9-,10-,11?/m0/s1. The van der Waals surface area contributed by atoms with Crippen molar-refractivity contribution in [2.75, 3.05) is 27.2 Å². The van der Waals surface area contributed by atoms with Crippen LogP contribution in [-0.2, 0) is 0 Å². The molecule has 0 aromatic heterocycles. The number of nitrogens with one attached hydrogen (secondary N) is 1. The Hall–Kier alpha value is -0.160. The summed E-state index contributed by atoms with van der Waals surface area (Å²) < 4.78 is 0. The molecule has 0 spiro atoms. The zero-order valence-electron chi connectivity index (χ0n) is 10.0. The molecule has 90 valence electrons. The highest BCUT2D eigenvalue weighted by Crippen LogP contribution is 2.19. The second kappa shape index (κ2) is 5.25. The molecule has 1 aliphatic carbocycles. The summed E-state index contributed by atoms with van der Waals surface area (Å²) in [5, 5.41) is 22.9. The maximum Gasteiger partial charge on any atom is 0.0869 e. The van der Waals surface area contributed by atoms with E-state index in [1.165, 1.54) is 0 Å². The molecule has 15 heavy (non-hydrogen) atoms. The van der Waals surface area contributed by atoms with Crippen LogP contribution in [0, 0.1) is 0 Å². The molecule has 0 heterocycles. The summed E-state index contributed by atoms with van der Waals surface area (Å²) in [6.07, 6.45) is 2.74. The summed E-state index contributed by atoms with van der Waals surface area (Å²) in [5.74, 6) is 0. The van der Waals surface area contributed by atoms with E-state index < -0.39 is 5.60 Å². The zero-order valence-corrected chi connectivity index (χ0v) is 10.0. The van der Waals surface area contributed by atoms with Gasteiger partial charge in [-0.3, -0.25) is 0 Å². The van der Waals surface area contributed by atoms with Gasteiger partial charge < -0.3 is 20.4 Å². The van der Waals surface area contributed by atoms with Crippen molar-refractivity contribution in [1.29, 1.82) is 0 Å². The number of hydrogen-bond donors (Lipinski definition) is 3. The molecule has 0 saturated heterocycles. The Balaban J connectivity index is 2.28. The topological polar surface area (TPSA) is 55.7 Å². The first-order chi connectivity index (χ1) is 6.91. The minimum absolute atomic E-state index is 0.165. The van der Waals surface area contributed by atoms with Crippen molar-refractivity contribution in [1.82, 2.24) is 10.2 Å². The van der Waals surface area contributed by atoms with E-state index in [4.69, 9.17) is 0 Å². The van der Waals surface area contributed by atoms with Gasteiger partial charge in [-0.2, -0.15) is 0 Å². The van der Waals surface area contributed by atoms with Gasteiger partial charge in [0.25, 0.3) is 0 Å². The lowest BCUT2D eigenvalue weighted by atomic mass is 10.1. The Bertz CT molecular complexity index is 195. The van der Waals surface area contributed by atoms with Gasteiger partial charge in [0.2, 0.25) is 0 Å². The molecule has 1 aliphatic rings. The van der Waals surface area contributed by atoms with Gasteiger partial charge in [0, 0.05) is 19.1 Å². The molecular weight excluding hydrogens is 192 g/mol. The van der Waals surface area contributed by atoms with Crippen molar-refractivity contribution < 1.29 is 10.2 Å². The van der Waals surface area contributed by atoms with Gasteiger partial charge in [0.1, 0.15) is 0 Å². The fraction of sp³-hybridized carbons (Fsp3) is 1.00. The van der Waals surface area contributed by atoms with Crippen molar-refractivity contribution in [3.05, 3.63) is 0 Å². The Morgan fingerprint density at radius 1 is 1.40 bits per heavy atom. The number of aliphatic hydroxyl groups excluding tert-OH is 1. The lowest BCUT2D eigenvalue weighted by Gasteiger charge is -2.29. The normalized spacial score (nSPS) is 30.8. The van der Waals surface area contributed by atoms with Gasteiger partial charge >= 0.3 is 0 Å². The molecule has 1 saturated carbocycles. The predicted octanol–water partition coefficient (Wildman–Crippen LogP) is -0.198. The summed E-state index contributed by atoms with van der Waals surface area (Å²) in [6, 6.07) is 0.165. The quantitative estimate of drug-likeness (QED) is 0.596. The molecule has 0 amide bonds. The fourth-order valence-corrected chi connectivity index (χ4v) is 2.27. The second-order valence-corrected chi connectivity index (χ2v) is 5.22. The van der Waals surface area contributed by atoms with E-state index in [-0.39, 0.29) is 12.1 Å². The van der Waals surface area contributed by atoms with Gasteiger partial charge in [0.05, 0.1) is 11.7 Å². The molecular formula is C11H24N2O2. The molecule has 1 unspecified atom stereocenters. The first kappa shape index (κ1) is 12.9. The summed E-state index contributed by atoms with van der Waals surface area (Å²) >= 11 is 0. The van der Waals surface area contributed by atoms with Crippen LogP contribution in [-0.4, -0.2) is 60.0 Å². The largest absolute Gasteiger partial charge is 0.392 e. The van der Waals surface area contributed by atoms with Crippen molar-refractivity contribution >= 4 is 0 Å². The highest BCUT2D eigenvalue weighted by molar-refractivity contribution is 4.86. The highest BCUT2D eigenvalue weighted by Gasteiger charge is 2.28. The third-order valence-electron chi connectivity index (χ3n) is 2.88. The number of rotatable bonds is 5. The minimum Gasteiger partial charge on any atom is -0.392 e. The molecule has 3 atom stereocenters. The number of hydrogen-bond acceptors (Lipinski definition) is 4. The van der Waals surface area contributed by atoms with Crippen LogP contribution in [0.3, 0.4) is 0 Å². The molecule has 1 fully saturated rings. The first-order valence-electron chi connectivity index (χ1n) is 5.69. The summed E-state index contributed by atoms with van der Waals surface area (Å²) in [7, 11) is 3.89. The summed E-state index contributed by atoms with van der Waals surface area (Å²) in [5.41, 5.74) is -0.730. The monoisotopic (exact) mass is 216 g/mol. The van der Waals surface area contributed by atoms with Crippen LogP contribution in [0.4, 0.5) is 0 Å². The van der Waals surface area contributed by atoms with Crippen LogP contribution in [0.25, 0.3) is 0 Å². The maximum atomic E-state index is 10.0. The van der Waals surface area contributed by atoms with Crippen molar-refractivity contribution in [2.24, 2.45) is 0 Å². The van der Waals surface area contributed by atoms with E-state index in [1.54, 1.807) is 0 Å². The van der Waals surface area contributed by atoms with Gasteiger partial charge in [-0.15, -0.1) is 0 Å². The average Bonchev–Trinajstić information content (AvgIpc) is 2.45. The lowest BCUT2D eigenvalue weighted by molar-refractivity contribution is 0.0265. The second-order valence-electron chi connectivity index (χ2n) is 5.22. The Kier molecular flexibility index (Phi) is 4.52. The minimum atomic E-state index is -0.730. The van der Waals surface area contributed by atoms with Gasteiger partial charge in [-0.1, -0.05) is 0 Å². The maximum absolute atomic E-state index is 10.0. The molecule has 0 aromatic carbocycles. The van der Waals surface area contributed by atoms with Crippen LogP contribution in [0.2, 0.25) is 0 Å². The molecule has 0 aliphatic heterocycles. The van der Waals surface area contributed by atoms with Crippen LogP contribution in [0.5, 0.6) is 0 Å². The molecule has 1 rings (SSSR count). The predicted molar refractivity (Wildman–Crippen MR) is 60.8 cm³/mol. The molecule has 4 heteroatoms. The van der Waals surface area contributed by atoms with Crippen LogP contribution < -0.4 is 5.32 Å². The van der Waals surface area contributed by atoms with Crippen molar-refractivity contribution in [2.45, 2.75) is 43.9 Å². The third-order valence-corrected chi connectivity index (χ3v) is 2.88. The zero-order chi connectivity index (χ0) is 11.5. The van der Waals surface area contributed by atoms with E-state index in [2.05, 4.69) is 5.32 Å². The molecule has 0 radical (unpaired) electrons. The van der Waals surface area contributed by atoms with Crippen molar-refractivity contribution in [3.8, 4) is 0 Å². The van der Waals surface area contributed by atoms with Crippen molar-refractivity contribution in [3.63, 3.8) is 0 Å². The summed E-state index contributed by atoms with van der Waals surface area (Å²) in [4.78, 5) is 1.97. The number of aliphatic hydroxyl groups is 2. The smallest absolute Gasteiger partial charge is 0.0869 e. The van der Waals surface area contributed by atoms with Crippen LogP contribution in [0.1, 0.15) is 26.2 Å². The van der Waals surface area contributed by atoms with Gasteiger partial charge in [0.15, 0.2) is 0 Å². The molecule has 0 aromatic rings. The summed E-state index contributed by atoms with van der Waals surface area (Å²) in [6.45, 7) is 2.98. The third kappa shape index (κ3) is 4.47. The average molecular weight is 216 g/mol. The van der Waals surface area contributed by atoms with E-state index in [0.717, 1.165) is 19.3 Å².